The first-order chi connectivity index (χ1) is 15.1. The molecular weight excluding hydrogens is 469 g/mol. The van der Waals surface area contributed by atoms with Crippen molar-refractivity contribution in [3.05, 3.63) is 58.1 Å². The molecule has 0 fully saturated rings. The zero-order valence-corrected chi connectivity index (χ0v) is 20.9. The molecule has 1 aromatic heterocycles. The predicted octanol–water partition coefficient (Wildman–Crippen LogP) is 4.84. The molecule has 1 N–H and O–H groups in total. The van der Waals surface area contributed by atoms with E-state index in [0.717, 1.165) is 35.0 Å². The highest BCUT2D eigenvalue weighted by atomic mass is 35.5. The topological polar surface area (TPSA) is 74.1 Å². The summed E-state index contributed by atoms with van der Waals surface area (Å²) in [5.74, 6) is 2.20. The molecule has 0 spiro atoms. The maximum absolute atomic E-state index is 6.54. The summed E-state index contributed by atoms with van der Waals surface area (Å²) in [5.41, 5.74) is 3.36. The van der Waals surface area contributed by atoms with E-state index in [1.54, 1.807) is 16.4 Å². The van der Waals surface area contributed by atoms with Crippen LogP contribution in [0.3, 0.4) is 0 Å². The molecule has 7 nitrogen and oxygen atoms in total. The molecule has 0 amide bonds. The lowest BCUT2D eigenvalue weighted by Gasteiger charge is -2.16. The highest BCUT2D eigenvalue weighted by molar-refractivity contribution is 7.99. The van der Waals surface area contributed by atoms with Gasteiger partial charge in [0.25, 0.3) is 0 Å². The molecule has 3 aromatic rings. The van der Waals surface area contributed by atoms with Crippen molar-refractivity contribution in [3.63, 3.8) is 0 Å². The molecule has 0 atom stereocenters. The molecule has 0 aliphatic heterocycles. The first kappa shape index (κ1) is 26.3. The third kappa shape index (κ3) is 7.85. The lowest BCUT2D eigenvalue weighted by molar-refractivity contribution is 0.269. The first-order valence-electron chi connectivity index (χ1n) is 10.3. The summed E-state index contributed by atoms with van der Waals surface area (Å²) in [5, 5.41) is 16.3. The van der Waals surface area contributed by atoms with Gasteiger partial charge in [0, 0.05) is 19.3 Å². The van der Waals surface area contributed by atoms with E-state index in [-0.39, 0.29) is 12.4 Å². The highest BCUT2D eigenvalue weighted by Crippen LogP contribution is 2.37. The van der Waals surface area contributed by atoms with Gasteiger partial charge in [0.2, 0.25) is 5.16 Å². The number of thioether (sulfide) groups is 1. The number of nitrogens with one attached hydrogen (secondary N) is 1. The number of hydrogen-bond acceptors (Lipinski definition) is 7. The van der Waals surface area contributed by atoms with Gasteiger partial charge in [0.15, 0.2) is 11.5 Å². The van der Waals surface area contributed by atoms with E-state index in [1.807, 2.05) is 26.1 Å². The van der Waals surface area contributed by atoms with Gasteiger partial charge in [-0.15, -0.1) is 17.5 Å². The molecule has 0 radical (unpaired) electrons. The van der Waals surface area contributed by atoms with E-state index in [1.165, 1.54) is 5.56 Å². The Morgan fingerprint density at radius 1 is 1.12 bits per heavy atom. The Kier molecular flexibility index (Phi) is 11.1. The van der Waals surface area contributed by atoms with Crippen molar-refractivity contribution in [2.24, 2.45) is 7.05 Å². The molecule has 3 rings (SSSR count). The predicted molar refractivity (Wildman–Crippen MR) is 131 cm³/mol. The van der Waals surface area contributed by atoms with Crippen LogP contribution in [0.5, 0.6) is 11.5 Å². The van der Waals surface area contributed by atoms with Crippen molar-refractivity contribution in [2.75, 3.05) is 18.9 Å². The van der Waals surface area contributed by atoms with E-state index in [9.17, 15) is 0 Å². The fourth-order valence-electron chi connectivity index (χ4n) is 2.90. The minimum atomic E-state index is 0. The van der Waals surface area contributed by atoms with Gasteiger partial charge in [-0.25, -0.2) is 4.68 Å². The van der Waals surface area contributed by atoms with Crippen molar-refractivity contribution in [1.82, 2.24) is 25.5 Å². The van der Waals surface area contributed by atoms with Crippen molar-refractivity contribution < 1.29 is 9.47 Å². The van der Waals surface area contributed by atoms with Crippen LogP contribution in [0.15, 0.2) is 41.6 Å². The van der Waals surface area contributed by atoms with Crippen LogP contribution in [-0.2, 0) is 20.2 Å². The molecule has 10 heteroatoms. The van der Waals surface area contributed by atoms with E-state index in [4.69, 9.17) is 21.1 Å². The molecule has 174 valence electrons. The second-order valence-electron chi connectivity index (χ2n) is 7.08. The number of hydrogen-bond donors (Lipinski definition) is 1. The summed E-state index contributed by atoms with van der Waals surface area (Å²) < 4.78 is 13.5. The number of nitrogens with zero attached hydrogens (tertiary/aromatic N) is 4. The average molecular weight is 498 g/mol. The zero-order chi connectivity index (χ0) is 22.1. The van der Waals surface area contributed by atoms with Gasteiger partial charge in [0.1, 0.15) is 6.61 Å². The van der Waals surface area contributed by atoms with E-state index in [0.29, 0.717) is 36.3 Å². The maximum atomic E-state index is 6.54. The molecule has 0 aliphatic rings. The summed E-state index contributed by atoms with van der Waals surface area (Å²) in [4.78, 5) is 0. The zero-order valence-electron chi connectivity index (χ0n) is 18.5. The Balaban J connectivity index is 0.00000363. The second-order valence-corrected chi connectivity index (χ2v) is 8.55. The monoisotopic (exact) mass is 497 g/mol. The summed E-state index contributed by atoms with van der Waals surface area (Å²) in [6.07, 6.45) is 1.00. The smallest absolute Gasteiger partial charge is 0.209 e. The second kappa shape index (κ2) is 13.5. The number of halogens is 2. The van der Waals surface area contributed by atoms with E-state index < -0.39 is 0 Å². The minimum Gasteiger partial charge on any atom is -0.490 e. The van der Waals surface area contributed by atoms with Crippen molar-refractivity contribution >= 4 is 35.8 Å². The SMILES string of the molecule is CCOc1cc(CNCCCSc2nnnn2C)cc(Cl)c1OCc1ccc(C)cc1.Cl. The third-order valence-electron chi connectivity index (χ3n) is 4.51. The molecule has 0 bridgehead atoms. The van der Waals surface area contributed by atoms with Crippen molar-refractivity contribution in [1.29, 1.82) is 0 Å². The van der Waals surface area contributed by atoms with Crippen LogP contribution >= 0.6 is 35.8 Å². The quantitative estimate of drug-likeness (QED) is 0.283. The summed E-state index contributed by atoms with van der Waals surface area (Å²) >= 11 is 8.19. The van der Waals surface area contributed by atoms with Crippen molar-refractivity contribution in [2.45, 2.75) is 38.6 Å². The van der Waals surface area contributed by atoms with Gasteiger partial charge < -0.3 is 14.8 Å². The van der Waals surface area contributed by atoms with Crippen molar-refractivity contribution in [3.8, 4) is 11.5 Å². The largest absolute Gasteiger partial charge is 0.490 e. The normalized spacial score (nSPS) is 10.6. The Morgan fingerprint density at radius 3 is 2.59 bits per heavy atom. The van der Waals surface area contributed by atoms with Gasteiger partial charge in [-0.1, -0.05) is 53.2 Å². The van der Waals surface area contributed by atoms with Crippen LogP contribution in [0, 0.1) is 6.92 Å². The Morgan fingerprint density at radius 2 is 1.91 bits per heavy atom. The molecule has 1 heterocycles. The Hall–Kier alpha value is -2.00. The minimum absolute atomic E-state index is 0. The van der Waals surface area contributed by atoms with Crippen LogP contribution < -0.4 is 14.8 Å². The number of ether oxygens (including phenoxy) is 2. The van der Waals surface area contributed by atoms with Gasteiger partial charge in [0.05, 0.1) is 11.6 Å². The number of aromatic nitrogens is 4. The molecule has 0 saturated heterocycles. The van der Waals surface area contributed by atoms with Crippen LogP contribution in [0.25, 0.3) is 0 Å². The van der Waals surface area contributed by atoms with Gasteiger partial charge in [-0.05, 0) is 60.5 Å². The summed E-state index contributed by atoms with van der Waals surface area (Å²) in [7, 11) is 1.84. The summed E-state index contributed by atoms with van der Waals surface area (Å²) in [6.45, 7) is 6.58. The molecular formula is C22H29Cl2N5O2S. The highest BCUT2D eigenvalue weighted by Gasteiger charge is 2.13. The molecule has 32 heavy (non-hydrogen) atoms. The molecule has 0 saturated carbocycles. The Bertz CT molecular complexity index is 969. The lowest BCUT2D eigenvalue weighted by atomic mass is 10.1. The fraction of sp³-hybridized carbons (Fsp3) is 0.409. The number of benzene rings is 2. The average Bonchev–Trinajstić information content (AvgIpc) is 3.16. The van der Waals surface area contributed by atoms with Gasteiger partial charge in [-0.2, -0.15) is 0 Å². The molecule has 2 aromatic carbocycles. The standard InChI is InChI=1S/C22H28ClN5O2S.ClH/c1-4-29-20-13-18(14-24-10-5-11-31-22-25-26-27-28(22)3)12-19(23)21(20)30-15-17-8-6-16(2)7-9-17;/h6-9,12-13,24H,4-5,10-11,14-15H2,1-3H3;1H. The van der Waals surface area contributed by atoms with E-state index in [2.05, 4.69) is 52.0 Å². The number of tetrazole rings is 1. The molecule has 0 unspecified atom stereocenters. The molecule has 0 aliphatic carbocycles. The third-order valence-corrected chi connectivity index (χ3v) is 5.89. The van der Waals surface area contributed by atoms with Crippen LogP contribution in [0.1, 0.15) is 30.0 Å². The maximum Gasteiger partial charge on any atom is 0.209 e. The van der Waals surface area contributed by atoms with Gasteiger partial charge in [-0.3, -0.25) is 0 Å². The lowest BCUT2D eigenvalue weighted by Crippen LogP contribution is -2.15. The van der Waals surface area contributed by atoms with Gasteiger partial charge >= 0.3 is 0 Å². The number of aryl methyl sites for hydroxylation is 2. The first-order valence-corrected chi connectivity index (χ1v) is 11.6. The van der Waals surface area contributed by atoms with Crippen LogP contribution in [0.4, 0.5) is 0 Å². The Labute approximate surface area is 204 Å². The fourth-order valence-corrected chi connectivity index (χ4v) is 3.98. The number of rotatable bonds is 12. The van der Waals surface area contributed by atoms with Crippen LogP contribution in [-0.4, -0.2) is 39.1 Å². The summed E-state index contributed by atoms with van der Waals surface area (Å²) in [6, 6.07) is 12.2. The van der Waals surface area contributed by atoms with E-state index >= 15 is 0 Å². The van der Waals surface area contributed by atoms with Crippen LogP contribution in [0.2, 0.25) is 5.02 Å².